The summed E-state index contributed by atoms with van der Waals surface area (Å²) in [6, 6.07) is 10.0. The van der Waals surface area contributed by atoms with Crippen molar-refractivity contribution in [2.75, 3.05) is 7.05 Å². The molecule has 0 aliphatic carbocycles. The average molecular weight is 395 g/mol. The van der Waals surface area contributed by atoms with Crippen LogP contribution in [0.25, 0.3) is 16.9 Å². The van der Waals surface area contributed by atoms with Gasteiger partial charge in [0.2, 0.25) is 0 Å². The van der Waals surface area contributed by atoms with Crippen molar-refractivity contribution in [1.82, 2.24) is 29.3 Å². The van der Waals surface area contributed by atoms with Gasteiger partial charge in [0.15, 0.2) is 5.65 Å². The van der Waals surface area contributed by atoms with Crippen molar-refractivity contribution < 1.29 is 4.79 Å². The van der Waals surface area contributed by atoms with Gasteiger partial charge >= 0.3 is 0 Å². The van der Waals surface area contributed by atoms with E-state index in [0.29, 0.717) is 22.8 Å². The molecule has 8 heteroatoms. The molecule has 0 saturated carbocycles. The van der Waals surface area contributed by atoms with E-state index in [9.17, 15) is 4.79 Å². The summed E-state index contributed by atoms with van der Waals surface area (Å²) in [5.74, 6) is -0.180. The summed E-state index contributed by atoms with van der Waals surface area (Å²) in [5.41, 5.74) is 4.79. The van der Waals surface area contributed by atoms with Gasteiger partial charge in [-0.15, -0.1) is 0 Å². The van der Waals surface area contributed by atoms with Gasteiger partial charge in [0, 0.05) is 25.9 Å². The highest BCUT2D eigenvalue weighted by Crippen LogP contribution is 2.23. The van der Waals surface area contributed by atoms with Crippen LogP contribution >= 0.6 is 11.6 Å². The number of aromatic nitrogens is 5. The van der Waals surface area contributed by atoms with Crippen LogP contribution in [-0.4, -0.2) is 42.2 Å². The number of amides is 1. The highest BCUT2D eigenvalue weighted by molar-refractivity contribution is 6.31. The molecular formula is C20H19ClN6O. The van der Waals surface area contributed by atoms with Crippen molar-refractivity contribution in [3.05, 3.63) is 70.8 Å². The minimum Gasteiger partial charge on any atom is -0.336 e. The topological polar surface area (TPSA) is 68.3 Å². The molecule has 0 aliphatic rings. The molecular weight excluding hydrogens is 376 g/mol. The van der Waals surface area contributed by atoms with Gasteiger partial charge < -0.3 is 4.90 Å². The second-order valence-corrected chi connectivity index (χ2v) is 7.12. The molecule has 0 N–H and O–H groups in total. The second kappa shape index (κ2) is 7.09. The largest absolute Gasteiger partial charge is 0.336 e. The van der Waals surface area contributed by atoms with Crippen molar-refractivity contribution in [3.8, 4) is 11.3 Å². The Bertz CT molecular complexity index is 1140. The minimum atomic E-state index is -0.180. The first-order valence-electron chi connectivity index (χ1n) is 8.77. The van der Waals surface area contributed by atoms with E-state index in [1.54, 1.807) is 46.8 Å². The van der Waals surface area contributed by atoms with Gasteiger partial charge in [-0.2, -0.15) is 10.2 Å². The van der Waals surface area contributed by atoms with Crippen LogP contribution in [0.3, 0.4) is 0 Å². The maximum atomic E-state index is 13.0. The SMILES string of the molecule is Cc1ccc(-c2ccnc3c(C(=O)N(C)Cc4c(Cl)cnn4C)cnn23)cc1. The molecule has 3 aromatic heterocycles. The van der Waals surface area contributed by atoms with E-state index < -0.39 is 0 Å². The highest BCUT2D eigenvalue weighted by atomic mass is 35.5. The smallest absolute Gasteiger partial charge is 0.259 e. The van der Waals surface area contributed by atoms with Crippen molar-refractivity contribution in [1.29, 1.82) is 0 Å². The zero-order valence-corrected chi connectivity index (χ0v) is 16.6. The number of halogens is 1. The molecule has 142 valence electrons. The number of rotatable bonds is 4. The van der Waals surface area contributed by atoms with Crippen LogP contribution in [0.2, 0.25) is 5.02 Å². The molecule has 1 amide bonds. The van der Waals surface area contributed by atoms with Gasteiger partial charge in [0.1, 0.15) is 5.56 Å². The first-order valence-corrected chi connectivity index (χ1v) is 9.15. The number of hydrogen-bond acceptors (Lipinski definition) is 4. The third-order valence-corrected chi connectivity index (χ3v) is 5.04. The van der Waals surface area contributed by atoms with Crippen molar-refractivity contribution in [3.63, 3.8) is 0 Å². The number of nitrogens with zero attached hydrogens (tertiary/aromatic N) is 6. The summed E-state index contributed by atoms with van der Waals surface area (Å²) in [5, 5.41) is 9.06. The van der Waals surface area contributed by atoms with E-state index in [-0.39, 0.29) is 5.91 Å². The Balaban J connectivity index is 1.69. The maximum Gasteiger partial charge on any atom is 0.259 e. The van der Waals surface area contributed by atoms with Gasteiger partial charge in [0.25, 0.3) is 5.91 Å². The van der Waals surface area contributed by atoms with Crippen LogP contribution < -0.4 is 0 Å². The quantitative estimate of drug-likeness (QED) is 0.532. The number of aryl methyl sites for hydroxylation is 2. The average Bonchev–Trinajstić information content (AvgIpc) is 3.26. The Labute approximate surface area is 167 Å². The fourth-order valence-electron chi connectivity index (χ4n) is 3.10. The number of fused-ring (bicyclic) bond motifs is 1. The monoisotopic (exact) mass is 394 g/mol. The Kier molecular flexibility index (Phi) is 4.60. The molecule has 3 heterocycles. The molecule has 0 radical (unpaired) electrons. The van der Waals surface area contributed by atoms with Crippen LogP contribution in [0.15, 0.2) is 48.9 Å². The molecule has 28 heavy (non-hydrogen) atoms. The minimum absolute atomic E-state index is 0.180. The maximum absolute atomic E-state index is 13.0. The van der Waals surface area contributed by atoms with Gasteiger partial charge in [-0.05, 0) is 13.0 Å². The van der Waals surface area contributed by atoms with Crippen LogP contribution in [-0.2, 0) is 13.6 Å². The standard InChI is InChI=1S/C20H19ClN6O/c1-13-4-6-14(7-5-13)17-8-9-22-19-15(10-24-27(17)19)20(28)25(2)12-18-16(21)11-23-26(18)3/h4-11H,12H2,1-3H3. The van der Waals surface area contributed by atoms with E-state index in [4.69, 9.17) is 11.6 Å². The van der Waals surface area contributed by atoms with Crippen LogP contribution in [0.5, 0.6) is 0 Å². The molecule has 0 bridgehead atoms. The Morgan fingerprint density at radius 1 is 1.14 bits per heavy atom. The number of carbonyl (C=O) groups is 1. The van der Waals surface area contributed by atoms with Crippen molar-refractivity contribution in [2.45, 2.75) is 13.5 Å². The summed E-state index contributed by atoms with van der Waals surface area (Å²) in [4.78, 5) is 19.0. The molecule has 4 aromatic rings. The Morgan fingerprint density at radius 2 is 1.89 bits per heavy atom. The lowest BCUT2D eigenvalue weighted by molar-refractivity contribution is 0.0783. The first kappa shape index (κ1) is 18.2. The first-order chi connectivity index (χ1) is 13.5. The molecule has 4 rings (SSSR count). The molecule has 1 aromatic carbocycles. The summed E-state index contributed by atoms with van der Waals surface area (Å²) in [6.07, 6.45) is 4.82. The molecule has 7 nitrogen and oxygen atoms in total. The van der Waals surface area contributed by atoms with Crippen LogP contribution in [0, 0.1) is 6.92 Å². The van der Waals surface area contributed by atoms with E-state index in [1.807, 2.05) is 37.3 Å². The van der Waals surface area contributed by atoms with Crippen molar-refractivity contribution in [2.24, 2.45) is 7.05 Å². The normalized spacial score (nSPS) is 11.1. The number of benzene rings is 1. The molecule has 0 spiro atoms. The van der Waals surface area contributed by atoms with E-state index in [1.165, 1.54) is 5.56 Å². The fourth-order valence-corrected chi connectivity index (χ4v) is 3.33. The zero-order valence-electron chi connectivity index (χ0n) is 15.8. The lowest BCUT2D eigenvalue weighted by Gasteiger charge is -2.17. The van der Waals surface area contributed by atoms with Gasteiger partial charge in [-0.3, -0.25) is 9.48 Å². The number of carbonyl (C=O) groups excluding carboxylic acids is 1. The summed E-state index contributed by atoms with van der Waals surface area (Å²) in [6.45, 7) is 2.38. The highest BCUT2D eigenvalue weighted by Gasteiger charge is 2.21. The molecule has 0 unspecified atom stereocenters. The van der Waals surface area contributed by atoms with Gasteiger partial charge in [-0.1, -0.05) is 41.4 Å². The molecule has 0 saturated heterocycles. The predicted molar refractivity (Wildman–Crippen MR) is 107 cm³/mol. The van der Waals surface area contributed by atoms with Gasteiger partial charge in [0.05, 0.1) is 35.3 Å². The molecule has 0 atom stereocenters. The second-order valence-electron chi connectivity index (χ2n) is 6.71. The van der Waals surface area contributed by atoms with Crippen LogP contribution in [0.4, 0.5) is 0 Å². The van der Waals surface area contributed by atoms with Gasteiger partial charge in [-0.25, -0.2) is 9.50 Å². The molecule has 0 fully saturated rings. The van der Waals surface area contributed by atoms with E-state index in [0.717, 1.165) is 17.0 Å². The fraction of sp³-hybridized carbons (Fsp3) is 0.200. The lowest BCUT2D eigenvalue weighted by atomic mass is 10.1. The Morgan fingerprint density at radius 3 is 2.57 bits per heavy atom. The molecule has 0 aliphatic heterocycles. The summed E-state index contributed by atoms with van der Waals surface area (Å²) >= 11 is 6.16. The lowest BCUT2D eigenvalue weighted by Crippen LogP contribution is -2.27. The van der Waals surface area contributed by atoms with Crippen molar-refractivity contribution >= 4 is 23.2 Å². The third-order valence-electron chi connectivity index (χ3n) is 4.72. The summed E-state index contributed by atoms with van der Waals surface area (Å²) in [7, 11) is 3.52. The number of hydrogen-bond donors (Lipinski definition) is 0. The third kappa shape index (κ3) is 3.14. The van der Waals surface area contributed by atoms with E-state index >= 15 is 0 Å². The Hall–Kier alpha value is -3.19. The predicted octanol–water partition coefficient (Wildman–Crippen LogP) is 3.36. The van der Waals surface area contributed by atoms with E-state index in [2.05, 4.69) is 15.2 Å². The zero-order chi connectivity index (χ0) is 19.8. The van der Waals surface area contributed by atoms with Crippen LogP contribution in [0.1, 0.15) is 21.6 Å². The summed E-state index contributed by atoms with van der Waals surface area (Å²) < 4.78 is 3.36.